The molecule has 0 unspecified atom stereocenters. The van der Waals surface area contributed by atoms with E-state index >= 15 is 0 Å². The molecular weight excluding hydrogens is 1230 g/mol. The number of hydrogen-bond donors (Lipinski definition) is 9. The first-order valence-corrected chi connectivity index (χ1v) is 32.4. The Kier molecular flexibility index (Phi) is 31.2. The van der Waals surface area contributed by atoms with Crippen LogP contribution in [0, 0.1) is 13.8 Å². The van der Waals surface area contributed by atoms with Crippen molar-refractivity contribution in [1.29, 1.82) is 0 Å². The molecule has 3 aliphatic rings. The van der Waals surface area contributed by atoms with Crippen LogP contribution in [0.5, 0.6) is 0 Å². The zero-order valence-electron chi connectivity index (χ0n) is 54.9. The summed E-state index contributed by atoms with van der Waals surface area (Å²) in [4.78, 5) is 58.8. The lowest BCUT2D eigenvalue weighted by Crippen LogP contribution is -2.50. The number of benzene rings is 4. The highest BCUT2D eigenvalue weighted by molar-refractivity contribution is 6.10. The van der Waals surface area contributed by atoms with Crippen LogP contribution in [-0.4, -0.2) is 202 Å². The highest BCUT2D eigenvalue weighted by Crippen LogP contribution is 2.43. The summed E-state index contributed by atoms with van der Waals surface area (Å²) in [5.74, 6) is -1.77. The second-order valence-electron chi connectivity index (χ2n) is 22.6. The van der Waals surface area contributed by atoms with Crippen molar-refractivity contribution >= 4 is 46.0 Å². The van der Waals surface area contributed by atoms with Gasteiger partial charge in [0, 0.05) is 90.3 Å². The minimum absolute atomic E-state index is 0.0132. The molecule has 3 amide bonds. The molecule has 4 aromatic rings. The molecule has 3 heterocycles. The van der Waals surface area contributed by atoms with Gasteiger partial charge in [-0.1, -0.05) is 30.5 Å². The molecule has 0 saturated carbocycles. The molecule has 26 heteroatoms. The summed E-state index contributed by atoms with van der Waals surface area (Å²) < 4.78 is 52.5. The second-order valence-corrected chi connectivity index (χ2v) is 22.6. The summed E-state index contributed by atoms with van der Waals surface area (Å²) in [7, 11) is 0. The number of carbonyl (C=O) groups is 4. The summed E-state index contributed by atoms with van der Waals surface area (Å²) in [6.07, 6.45) is 1.11. The average molecular weight is 1320 g/mol. The van der Waals surface area contributed by atoms with Crippen LogP contribution < -0.4 is 31.9 Å². The lowest BCUT2D eigenvalue weighted by atomic mass is 9.88. The number of carboxylic acids is 1. The van der Waals surface area contributed by atoms with E-state index in [-0.39, 0.29) is 56.2 Å². The van der Waals surface area contributed by atoms with Crippen LogP contribution in [0.3, 0.4) is 0 Å². The Morgan fingerprint density at radius 1 is 0.789 bits per heavy atom. The molecule has 1 saturated heterocycles. The highest BCUT2D eigenvalue weighted by atomic mass is 16.7. The standard InChI is InChI=1S/C69H93N9O17/c1-7-47(6)72-22-25-88-27-29-90-31-33-92-35-34-91-32-30-89-28-26-87-23-20-63(81)73-21-11-10-12-59(67(84)75-50-16-13-48(14-17-50)19-24-93-69-65(82)60(80)39-52(44-79)94-69)78-43-51(76-77-78)42-74-66(83)49-15-18-53(68(85)86)54(38-49)64-55-36-45(4)57(70-8-2)40-61(55)95-62-41-58(71-9-3)46(5)37-56(62)64/h7,13-18,36-38,40-41,43,52,59-60,65,69-70,72,79-80,82H,1,6,8-12,19-35,39,42,44H2,2-5H3,(H,73,81)(H,74,83)(H,75,84)(H,85,86)/t52-,59-,60-,65+,69+/m0/s1. The van der Waals surface area contributed by atoms with Crippen LogP contribution >= 0.6 is 0 Å². The smallest absolute Gasteiger partial charge is 0.336 e. The van der Waals surface area contributed by atoms with Gasteiger partial charge in [0.15, 0.2) is 6.29 Å². The Balaban J connectivity index is 0.906. The van der Waals surface area contributed by atoms with E-state index in [1.165, 1.54) is 16.8 Å². The van der Waals surface area contributed by atoms with Crippen LogP contribution in [0.4, 0.5) is 11.4 Å². The van der Waals surface area contributed by atoms with E-state index < -0.39 is 48.4 Å². The van der Waals surface area contributed by atoms with Crippen molar-refractivity contribution < 1.29 is 81.9 Å². The molecule has 1 aliphatic carbocycles. The van der Waals surface area contributed by atoms with Gasteiger partial charge in [0.1, 0.15) is 29.2 Å². The summed E-state index contributed by atoms with van der Waals surface area (Å²) >= 11 is 0. The van der Waals surface area contributed by atoms with Gasteiger partial charge in [-0.3, -0.25) is 19.4 Å². The number of aromatic carboxylic acids is 1. The van der Waals surface area contributed by atoms with E-state index in [9.17, 15) is 39.6 Å². The molecule has 5 atom stereocenters. The molecular formula is C69H93N9O17. The number of nitrogens with zero attached hydrogens (tertiary/aromatic N) is 4. The van der Waals surface area contributed by atoms with Crippen molar-refractivity contribution in [1.82, 2.24) is 30.9 Å². The number of aromatic nitrogens is 3. The third-order valence-electron chi connectivity index (χ3n) is 15.5. The number of aliphatic hydroxyl groups is 3. The van der Waals surface area contributed by atoms with E-state index in [1.54, 1.807) is 30.5 Å². The predicted octanol–water partition coefficient (Wildman–Crippen LogP) is 6.03. The zero-order valence-corrected chi connectivity index (χ0v) is 54.9. The summed E-state index contributed by atoms with van der Waals surface area (Å²) in [5, 5.41) is 66.0. The van der Waals surface area contributed by atoms with Gasteiger partial charge in [0.05, 0.1) is 128 Å². The molecule has 516 valence electrons. The fourth-order valence-corrected chi connectivity index (χ4v) is 10.4. The molecule has 2 aliphatic heterocycles. The SMILES string of the molecule is C=CC(=C)NCCOCCOCCOCCOCCOCCOCCC(=O)NCCCC[C@@H](C(=O)Nc1ccc(CCO[C@@H]2O[C@H](CO)C[C@H](O)[C@H]2O)cc1)n1cc(CNC(=O)c2ccc(C(=O)O)c(-c3c4cc(C)c(=NCC)cc-4oc4cc(NCC)c(C)cc34)c2)nn1. The third-order valence-corrected chi connectivity index (χ3v) is 15.5. The number of carbonyl (C=O) groups excluding carboxylic acids is 3. The molecule has 0 spiro atoms. The van der Waals surface area contributed by atoms with Gasteiger partial charge in [-0.05, 0) is 124 Å². The Labute approximate surface area is 553 Å². The maximum Gasteiger partial charge on any atom is 0.336 e. The lowest BCUT2D eigenvalue weighted by Gasteiger charge is -2.36. The van der Waals surface area contributed by atoms with Crippen molar-refractivity contribution in [3.63, 3.8) is 0 Å². The molecule has 3 aromatic carbocycles. The van der Waals surface area contributed by atoms with Crippen molar-refractivity contribution in [3.05, 3.63) is 137 Å². The minimum atomic E-state index is -1.26. The molecule has 9 N–H and O–H groups in total. The lowest BCUT2D eigenvalue weighted by molar-refractivity contribution is -0.270. The Morgan fingerprint density at radius 2 is 1.47 bits per heavy atom. The monoisotopic (exact) mass is 1320 g/mol. The van der Waals surface area contributed by atoms with Crippen LogP contribution in [0.2, 0.25) is 0 Å². The molecule has 95 heavy (non-hydrogen) atoms. The topological polar surface area (TPSA) is 339 Å². The van der Waals surface area contributed by atoms with Gasteiger partial charge < -0.3 is 89.3 Å². The van der Waals surface area contributed by atoms with Crippen LogP contribution in [-0.2, 0) is 60.4 Å². The first-order valence-electron chi connectivity index (χ1n) is 32.4. The van der Waals surface area contributed by atoms with Crippen molar-refractivity contribution in [2.45, 2.75) is 103 Å². The van der Waals surface area contributed by atoms with Gasteiger partial charge in [-0.2, -0.15) is 0 Å². The molecule has 0 radical (unpaired) electrons. The van der Waals surface area contributed by atoms with E-state index in [4.69, 9.17) is 42.3 Å². The maximum absolute atomic E-state index is 14.2. The number of amides is 3. The van der Waals surface area contributed by atoms with E-state index in [0.29, 0.717) is 169 Å². The minimum Gasteiger partial charge on any atom is -0.478 e. The van der Waals surface area contributed by atoms with E-state index in [1.807, 2.05) is 64.1 Å². The Hall–Kier alpha value is -7.99. The number of nitrogens with one attached hydrogen (secondary N) is 5. The highest BCUT2D eigenvalue weighted by Gasteiger charge is 2.37. The summed E-state index contributed by atoms with van der Waals surface area (Å²) in [6.45, 7) is 22.1. The van der Waals surface area contributed by atoms with Gasteiger partial charge in [0.2, 0.25) is 11.8 Å². The van der Waals surface area contributed by atoms with Crippen LogP contribution in [0.25, 0.3) is 33.4 Å². The number of fused-ring (bicyclic) bond motifs is 2. The number of anilines is 2. The quantitative estimate of drug-likeness (QED) is 0.0120. The summed E-state index contributed by atoms with van der Waals surface area (Å²) in [6, 6.07) is 18.3. The first kappa shape index (κ1) is 74.4. The zero-order chi connectivity index (χ0) is 67.9. The van der Waals surface area contributed by atoms with Crippen molar-refractivity contribution in [2.24, 2.45) is 4.99 Å². The number of carboxylic acid groups (broad SMARTS) is 1. The maximum atomic E-state index is 14.2. The number of unbranched alkanes of at least 4 members (excludes halogenated alkanes) is 1. The second kappa shape index (κ2) is 39.8. The van der Waals surface area contributed by atoms with E-state index in [2.05, 4.69) is 55.0 Å². The normalized spacial score (nSPS) is 16.0. The molecule has 7 rings (SSSR count). The molecule has 26 nitrogen and oxygen atoms in total. The van der Waals surface area contributed by atoms with Crippen LogP contribution in [0.1, 0.15) is 95.1 Å². The number of allylic oxidation sites excluding steroid dienone is 1. The van der Waals surface area contributed by atoms with Crippen molar-refractivity contribution in [3.8, 4) is 22.5 Å². The average Bonchev–Trinajstić information content (AvgIpc) is 1.04. The number of rotatable bonds is 44. The third kappa shape index (κ3) is 23.4. The van der Waals surface area contributed by atoms with Crippen molar-refractivity contribution in [2.75, 3.05) is 129 Å². The van der Waals surface area contributed by atoms with Crippen LogP contribution in [0.15, 0.2) is 107 Å². The Bertz CT molecular complexity index is 3470. The number of hydrogen-bond acceptors (Lipinski definition) is 21. The van der Waals surface area contributed by atoms with Gasteiger partial charge in [-0.15, -0.1) is 5.10 Å². The predicted molar refractivity (Wildman–Crippen MR) is 356 cm³/mol. The number of ether oxygens (including phenoxy) is 8. The number of aliphatic hydroxyl groups excluding tert-OH is 3. The summed E-state index contributed by atoms with van der Waals surface area (Å²) in [5.41, 5.74) is 7.34. The first-order chi connectivity index (χ1) is 46.1. The van der Waals surface area contributed by atoms with E-state index in [0.717, 1.165) is 33.4 Å². The van der Waals surface area contributed by atoms with Gasteiger partial charge in [0.25, 0.3) is 5.91 Å². The molecule has 1 aromatic heterocycles. The fourth-order valence-electron chi connectivity index (χ4n) is 10.4. The largest absolute Gasteiger partial charge is 0.478 e. The fraction of sp³-hybridized carbons (Fsp3) is 0.493. The molecule has 0 bridgehead atoms. The number of aryl methyl sites for hydroxylation is 2. The van der Waals surface area contributed by atoms with Gasteiger partial charge in [-0.25, -0.2) is 9.48 Å². The Morgan fingerprint density at radius 3 is 2.13 bits per heavy atom. The molecule has 1 fully saturated rings. The van der Waals surface area contributed by atoms with Gasteiger partial charge >= 0.3 is 5.97 Å².